The Hall–Kier alpha value is -0.700. The van der Waals surface area contributed by atoms with E-state index in [1.807, 2.05) is 0 Å². The van der Waals surface area contributed by atoms with Gasteiger partial charge in [-0.3, -0.25) is 0 Å². The molecule has 1 heterocycles. The molecule has 1 N–H and O–H groups in total. The second-order valence-corrected chi connectivity index (χ2v) is 6.80. The molecule has 0 spiro atoms. The zero-order chi connectivity index (χ0) is 13.2. The molecule has 3 heteroatoms. The maximum absolute atomic E-state index is 5.55. The number of aromatic amines is 1. The predicted octanol–water partition coefficient (Wildman–Crippen LogP) is 4.70. The van der Waals surface area contributed by atoms with Crippen molar-refractivity contribution >= 4 is 12.2 Å². The van der Waals surface area contributed by atoms with Crippen molar-refractivity contribution in [3.8, 4) is 0 Å². The van der Waals surface area contributed by atoms with Gasteiger partial charge in [0.1, 0.15) is 10.5 Å². The highest BCUT2D eigenvalue weighted by Gasteiger charge is 2.23. The molecule has 0 bridgehead atoms. The van der Waals surface area contributed by atoms with Gasteiger partial charge in [0, 0.05) is 17.2 Å². The Kier molecular flexibility index (Phi) is 4.01. The number of hydrogen-bond donors (Lipinski definition) is 1. The van der Waals surface area contributed by atoms with E-state index in [1.54, 1.807) is 0 Å². The maximum Gasteiger partial charge on any atom is 0.133 e. The number of nitrogens with zero attached hydrogens (tertiary/aromatic N) is 1. The highest BCUT2D eigenvalue weighted by atomic mass is 32.1. The molecule has 0 amide bonds. The van der Waals surface area contributed by atoms with Crippen molar-refractivity contribution < 1.29 is 0 Å². The Bertz CT molecular complexity index is 506. The van der Waals surface area contributed by atoms with E-state index in [0.717, 1.165) is 23.4 Å². The van der Waals surface area contributed by atoms with Crippen molar-refractivity contribution in [2.75, 3.05) is 0 Å². The van der Waals surface area contributed by atoms with Crippen LogP contribution < -0.4 is 0 Å². The minimum absolute atomic E-state index is 0.610. The Morgan fingerprint density at radius 2 is 1.95 bits per heavy atom. The van der Waals surface area contributed by atoms with E-state index in [4.69, 9.17) is 17.2 Å². The molecule has 0 saturated heterocycles. The van der Waals surface area contributed by atoms with Gasteiger partial charge in [-0.25, -0.2) is 4.98 Å². The first-order valence-corrected chi connectivity index (χ1v) is 8.27. The van der Waals surface area contributed by atoms with Gasteiger partial charge < -0.3 is 4.98 Å². The summed E-state index contributed by atoms with van der Waals surface area (Å²) in [5.41, 5.74) is 2.73. The number of aromatic nitrogens is 2. The van der Waals surface area contributed by atoms with Crippen molar-refractivity contribution in [2.45, 2.75) is 70.6 Å². The van der Waals surface area contributed by atoms with Crippen LogP contribution in [0.5, 0.6) is 0 Å². The normalized spacial score (nSPS) is 27.6. The van der Waals surface area contributed by atoms with Gasteiger partial charge in [-0.05, 0) is 44.4 Å². The third-order valence-electron chi connectivity index (χ3n) is 4.80. The van der Waals surface area contributed by atoms with E-state index in [0.29, 0.717) is 5.92 Å². The van der Waals surface area contributed by atoms with Crippen molar-refractivity contribution in [2.24, 2.45) is 5.92 Å². The van der Waals surface area contributed by atoms with Crippen LogP contribution in [-0.2, 0) is 12.8 Å². The highest BCUT2D eigenvalue weighted by Crippen LogP contribution is 2.35. The summed E-state index contributed by atoms with van der Waals surface area (Å²) in [5, 5.41) is 0. The Balaban J connectivity index is 1.92. The summed E-state index contributed by atoms with van der Waals surface area (Å²) in [5.74, 6) is 2.62. The SMILES string of the molecule is CC1CCCC(c2nc(=S)c3c([nH]2)CCCCC3)C1. The van der Waals surface area contributed by atoms with Crippen LogP contribution in [0.25, 0.3) is 0 Å². The smallest absolute Gasteiger partial charge is 0.133 e. The van der Waals surface area contributed by atoms with Gasteiger partial charge in [0.05, 0.1) is 0 Å². The molecule has 3 rings (SSSR count). The van der Waals surface area contributed by atoms with Crippen LogP contribution >= 0.6 is 12.2 Å². The van der Waals surface area contributed by atoms with Gasteiger partial charge in [0.2, 0.25) is 0 Å². The fourth-order valence-corrected chi connectivity index (χ4v) is 4.01. The molecule has 1 aromatic rings. The number of nitrogens with one attached hydrogen (secondary N) is 1. The minimum atomic E-state index is 0.610. The quantitative estimate of drug-likeness (QED) is 0.595. The second-order valence-electron chi connectivity index (χ2n) is 6.41. The summed E-state index contributed by atoms with van der Waals surface area (Å²) in [4.78, 5) is 8.40. The van der Waals surface area contributed by atoms with E-state index in [9.17, 15) is 0 Å². The van der Waals surface area contributed by atoms with E-state index >= 15 is 0 Å². The third-order valence-corrected chi connectivity index (χ3v) is 5.14. The molecule has 2 nitrogen and oxygen atoms in total. The molecule has 0 radical (unpaired) electrons. The highest BCUT2D eigenvalue weighted by molar-refractivity contribution is 7.71. The molecule has 104 valence electrons. The summed E-state index contributed by atoms with van der Waals surface area (Å²) < 4.78 is 0.879. The van der Waals surface area contributed by atoms with Crippen molar-refractivity contribution in [1.82, 2.24) is 9.97 Å². The van der Waals surface area contributed by atoms with E-state index in [1.165, 1.54) is 62.0 Å². The molecule has 0 aromatic carbocycles. The standard InChI is InChI=1S/C16H24N2S/c1-11-6-5-7-12(10-11)15-17-14-9-4-2-3-8-13(14)16(19)18-15/h11-12H,2-10H2,1H3,(H,17,18,19). The van der Waals surface area contributed by atoms with Crippen LogP contribution in [-0.4, -0.2) is 9.97 Å². The van der Waals surface area contributed by atoms with Crippen molar-refractivity contribution in [1.29, 1.82) is 0 Å². The molecule has 2 aliphatic carbocycles. The molecule has 19 heavy (non-hydrogen) atoms. The number of rotatable bonds is 1. The minimum Gasteiger partial charge on any atom is -0.347 e. The lowest BCUT2D eigenvalue weighted by molar-refractivity contribution is 0.334. The molecule has 1 fully saturated rings. The number of hydrogen-bond acceptors (Lipinski definition) is 2. The average Bonchev–Trinajstić information content (AvgIpc) is 2.64. The largest absolute Gasteiger partial charge is 0.347 e. The molecule has 2 aliphatic rings. The second kappa shape index (κ2) is 5.74. The number of aryl methyl sites for hydroxylation is 1. The summed E-state index contributed by atoms with van der Waals surface area (Å²) in [6, 6.07) is 0. The van der Waals surface area contributed by atoms with Gasteiger partial charge in [0.15, 0.2) is 0 Å². The van der Waals surface area contributed by atoms with Crippen LogP contribution in [0.2, 0.25) is 0 Å². The summed E-state index contributed by atoms with van der Waals surface area (Å²) in [6.45, 7) is 2.37. The predicted molar refractivity (Wildman–Crippen MR) is 81.1 cm³/mol. The van der Waals surface area contributed by atoms with Crippen LogP contribution in [0.15, 0.2) is 0 Å². The number of fused-ring (bicyclic) bond motifs is 1. The van der Waals surface area contributed by atoms with Gasteiger partial charge in [-0.2, -0.15) is 0 Å². The molecular weight excluding hydrogens is 252 g/mol. The van der Waals surface area contributed by atoms with Crippen LogP contribution in [0.1, 0.15) is 74.9 Å². The summed E-state index contributed by atoms with van der Waals surface area (Å²) >= 11 is 5.55. The van der Waals surface area contributed by atoms with Crippen LogP contribution in [0.3, 0.4) is 0 Å². The molecular formula is C16H24N2S. The molecule has 2 atom stereocenters. The zero-order valence-corrected chi connectivity index (χ0v) is 12.7. The molecule has 1 aromatic heterocycles. The van der Waals surface area contributed by atoms with Crippen LogP contribution in [0.4, 0.5) is 0 Å². The lowest BCUT2D eigenvalue weighted by Gasteiger charge is -2.26. The third kappa shape index (κ3) is 2.91. The fraction of sp³-hybridized carbons (Fsp3) is 0.750. The summed E-state index contributed by atoms with van der Waals surface area (Å²) in [6.07, 6.45) is 11.4. The monoisotopic (exact) mass is 276 g/mol. The Labute approximate surface area is 121 Å². The fourth-order valence-electron chi connectivity index (χ4n) is 3.69. The molecule has 0 aliphatic heterocycles. The van der Waals surface area contributed by atoms with E-state index in [2.05, 4.69) is 11.9 Å². The Morgan fingerprint density at radius 1 is 1.11 bits per heavy atom. The van der Waals surface area contributed by atoms with Crippen molar-refractivity contribution in [3.63, 3.8) is 0 Å². The van der Waals surface area contributed by atoms with Gasteiger partial charge in [0.25, 0.3) is 0 Å². The van der Waals surface area contributed by atoms with Gasteiger partial charge in [-0.1, -0.05) is 38.4 Å². The van der Waals surface area contributed by atoms with Crippen molar-refractivity contribution in [3.05, 3.63) is 21.7 Å². The molecule has 1 saturated carbocycles. The average molecular weight is 276 g/mol. The van der Waals surface area contributed by atoms with E-state index < -0.39 is 0 Å². The van der Waals surface area contributed by atoms with Gasteiger partial charge >= 0.3 is 0 Å². The lowest BCUT2D eigenvalue weighted by atomic mass is 9.82. The zero-order valence-electron chi connectivity index (χ0n) is 11.9. The first-order valence-electron chi connectivity index (χ1n) is 7.86. The van der Waals surface area contributed by atoms with Gasteiger partial charge in [-0.15, -0.1) is 0 Å². The van der Waals surface area contributed by atoms with Crippen LogP contribution in [0, 0.1) is 10.6 Å². The Morgan fingerprint density at radius 3 is 2.79 bits per heavy atom. The number of H-pyrrole nitrogens is 1. The van der Waals surface area contributed by atoms with E-state index in [-0.39, 0.29) is 0 Å². The first-order chi connectivity index (χ1) is 9.24. The maximum atomic E-state index is 5.55. The lowest BCUT2D eigenvalue weighted by Crippen LogP contribution is -2.16. The first kappa shape index (κ1) is 13.3. The molecule has 2 unspecified atom stereocenters. The topological polar surface area (TPSA) is 28.7 Å². The summed E-state index contributed by atoms with van der Waals surface area (Å²) in [7, 11) is 0.